The van der Waals surface area contributed by atoms with E-state index in [1.54, 1.807) is 12.3 Å². The van der Waals surface area contributed by atoms with Gasteiger partial charge in [-0.1, -0.05) is 13.0 Å². The molecule has 0 unspecified atom stereocenters. The molecule has 0 bridgehead atoms. The Labute approximate surface area is 208 Å². The lowest BCUT2D eigenvalue weighted by atomic mass is 9.95. The number of halogens is 1. The van der Waals surface area contributed by atoms with Crippen molar-refractivity contribution in [3.05, 3.63) is 77.3 Å². The fraction of sp³-hybridized carbons (Fsp3) is 0.240. The Morgan fingerprint density at radius 2 is 2.00 bits per heavy atom. The van der Waals surface area contributed by atoms with Gasteiger partial charge in [-0.05, 0) is 23.8 Å². The molecule has 1 amide bonds. The van der Waals surface area contributed by atoms with Gasteiger partial charge in [0, 0.05) is 54.5 Å². The Balaban J connectivity index is 0.00000289. The number of carbonyl (C=O) groups excluding carboxylic acids is 1. The molecule has 0 radical (unpaired) electrons. The molecule has 8 nitrogen and oxygen atoms in total. The van der Waals surface area contributed by atoms with E-state index in [1.807, 2.05) is 19.1 Å². The number of aromatic nitrogens is 4. The van der Waals surface area contributed by atoms with Gasteiger partial charge in [-0.2, -0.15) is 13.5 Å². The Morgan fingerprint density at radius 1 is 1.14 bits per heavy atom. The molecular formula is C25H25FN6O2S. The minimum atomic E-state index is -0.473. The van der Waals surface area contributed by atoms with Gasteiger partial charge in [-0.15, -0.1) is 0 Å². The van der Waals surface area contributed by atoms with E-state index in [0.717, 1.165) is 28.1 Å². The average Bonchev–Trinajstić information content (AvgIpc) is 3.35. The smallest absolute Gasteiger partial charge is 0.251 e. The molecule has 180 valence electrons. The Hall–Kier alpha value is -3.63. The molecule has 1 aliphatic heterocycles. The van der Waals surface area contributed by atoms with E-state index < -0.39 is 5.82 Å². The number of carbonyl (C=O) groups is 1. The van der Waals surface area contributed by atoms with Gasteiger partial charge < -0.3 is 15.4 Å². The lowest BCUT2D eigenvalue weighted by molar-refractivity contribution is 0.0964. The molecule has 3 aromatic heterocycles. The zero-order valence-electron chi connectivity index (χ0n) is 19.3. The first-order valence-electron chi connectivity index (χ1n) is 11.0. The highest BCUT2D eigenvalue weighted by molar-refractivity contribution is 7.59. The van der Waals surface area contributed by atoms with Gasteiger partial charge in [0.2, 0.25) is 0 Å². The summed E-state index contributed by atoms with van der Waals surface area (Å²) in [5, 5.41) is 6.12. The summed E-state index contributed by atoms with van der Waals surface area (Å²) in [6, 6.07) is 8.55. The van der Waals surface area contributed by atoms with Crippen LogP contribution in [-0.2, 0) is 18.0 Å². The van der Waals surface area contributed by atoms with Crippen molar-refractivity contribution < 1.29 is 13.9 Å². The molecule has 0 aliphatic carbocycles. The van der Waals surface area contributed by atoms with Crippen LogP contribution in [-0.4, -0.2) is 39.4 Å². The summed E-state index contributed by atoms with van der Waals surface area (Å²) in [7, 11) is 1.52. The molecule has 4 heterocycles. The maximum absolute atomic E-state index is 14.7. The van der Waals surface area contributed by atoms with Crippen LogP contribution in [0.1, 0.15) is 40.0 Å². The SMILES string of the molecule is CNC(=O)c1ccnc2c([C@H](C)CNc3cc(-c4cnc5c(c4)COC5)ncn3)ccc(F)c12.S. The number of rotatable bonds is 6. The van der Waals surface area contributed by atoms with Crippen molar-refractivity contribution in [2.24, 2.45) is 0 Å². The largest absolute Gasteiger partial charge is 0.370 e. The van der Waals surface area contributed by atoms with Crippen LogP contribution in [0.4, 0.5) is 10.2 Å². The molecule has 2 N–H and O–H groups in total. The molecule has 1 aromatic carbocycles. The quantitative estimate of drug-likeness (QED) is 0.420. The maximum atomic E-state index is 14.7. The molecule has 10 heteroatoms. The summed E-state index contributed by atoms with van der Waals surface area (Å²) in [4.78, 5) is 29.8. The second-order valence-corrected chi connectivity index (χ2v) is 8.19. The van der Waals surface area contributed by atoms with Gasteiger partial charge in [-0.3, -0.25) is 14.8 Å². The molecule has 4 aromatic rings. The van der Waals surface area contributed by atoms with Crippen LogP contribution in [0, 0.1) is 5.82 Å². The van der Waals surface area contributed by atoms with Gasteiger partial charge in [0.25, 0.3) is 5.91 Å². The molecule has 0 spiro atoms. The molecule has 1 aliphatic rings. The van der Waals surface area contributed by atoms with Crippen LogP contribution in [0.3, 0.4) is 0 Å². The Bertz CT molecular complexity index is 1400. The van der Waals surface area contributed by atoms with Crippen LogP contribution in [0.25, 0.3) is 22.2 Å². The van der Waals surface area contributed by atoms with Crippen molar-refractivity contribution in [1.82, 2.24) is 25.3 Å². The molecule has 35 heavy (non-hydrogen) atoms. The number of ether oxygens (including phenoxy) is 1. The number of benzene rings is 1. The third kappa shape index (κ3) is 4.80. The summed E-state index contributed by atoms with van der Waals surface area (Å²) < 4.78 is 20.1. The van der Waals surface area contributed by atoms with Crippen LogP contribution >= 0.6 is 13.5 Å². The molecule has 1 atom stereocenters. The monoisotopic (exact) mass is 492 g/mol. The van der Waals surface area contributed by atoms with Gasteiger partial charge >= 0.3 is 0 Å². The van der Waals surface area contributed by atoms with Gasteiger partial charge in [0.05, 0.1) is 35.7 Å². The summed E-state index contributed by atoms with van der Waals surface area (Å²) in [6.07, 6.45) is 4.83. The Kier molecular flexibility index (Phi) is 7.23. The van der Waals surface area contributed by atoms with Crippen LogP contribution in [0.2, 0.25) is 0 Å². The highest BCUT2D eigenvalue weighted by atomic mass is 32.1. The number of fused-ring (bicyclic) bond motifs is 2. The standard InChI is InChI=1S/C25H23FN6O2.H2S/c1-14(17-3-4-19(26)23-18(25(33)27-2)5-6-28-24(17)23)9-30-22-8-20(31-13-32-22)15-7-16-11-34-12-21(16)29-10-15;/h3-8,10,13-14H,9,11-12H2,1-2H3,(H,27,33)(H,30,31,32);1H2/t14-;/m1./s1. The van der Waals surface area contributed by atoms with Crippen LogP contribution < -0.4 is 10.6 Å². The number of amides is 1. The van der Waals surface area contributed by atoms with Gasteiger partial charge in [0.15, 0.2) is 0 Å². The van der Waals surface area contributed by atoms with E-state index >= 15 is 0 Å². The van der Waals surface area contributed by atoms with Crippen molar-refractivity contribution in [1.29, 1.82) is 0 Å². The fourth-order valence-corrected chi connectivity index (χ4v) is 4.14. The summed E-state index contributed by atoms with van der Waals surface area (Å²) >= 11 is 0. The van der Waals surface area contributed by atoms with Crippen molar-refractivity contribution in [3.8, 4) is 11.3 Å². The van der Waals surface area contributed by atoms with Crippen molar-refractivity contribution in [3.63, 3.8) is 0 Å². The zero-order valence-corrected chi connectivity index (χ0v) is 20.3. The van der Waals surface area contributed by atoms with E-state index in [2.05, 4.69) is 30.6 Å². The summed E-state index contributed by atoms with van der Waals surface area (Å²) in [6.45, 7) is 3.65. The molecular weight excluding hydrogens is 467 g/mol. The van der Waals surface area contributed by atoms with E-state index in [9.17, 15) is 9.18 Å². The van der Waals surface area contributed by atoms with Gasteiger partial charge in [-0.25, -0.2) is 14.4 Å². The maximum Gasteiger partial charge on any atom is 0.251 e. The first kappa shape index (κ1) is 24.5. The topological polar surface area (TPSA) is 102 Å². The number of hydrogen-bond acceptors (Lipinski definition) is 7. The van der Waals surface area contributed by atoms with Crippen molar-refractivity contribution >= 4 is 36.1 Å². The van der Waals surface area contributed by atoms with Crippen molar-refractivity contribution in [2.45, 2.75) is 26.1 Å². The molecule has 5 rings (SSSR count). The van der Waals surface area contributed by atoms with Gasteiger partial charge in [0.1, 0.15) is 18.0 Å². The first-order chi connectivity index (χ1) is 16.5. The lowest BCUT2D eigenvalue weighted by Crippen LogP contribution is -2.19. The van der Waals surface area contributed by atoms with E-state index in [0.29, 0.717) is 31.1 Å². The third-order valence-electron chi connectivity index (χ3n) is 5.98. The normalized spacial score (nSPS) is 13.1. The predicted molar refractivity (Wildman–Crippen MR) is 136 cm³/mol. The molecule has 0 fully saturated rings. The van der Waals surface area contributed by atoms with Crippen LogP contribution in [0.15, 0.2) is 49.1 Å². The number of anilines is 1. The number of nitrogens with one attached hydrogen (secondary N) is 2. The van der Waals surface area contributed by atoms with E-state index in [-0.39, 0.29) is 36.3 Å². The predicted octanol–water partition coefficient (Wildman–Crippen LogP) is 3.94. The summed E-state index contributed by atoms with van der Waals surface area (Å²) in [5.41, 5.74) is 5.28. The second-order valence-electron chi connectivity index (χ2n) is 8.19. The highest BCUT2D eigenvalue weighted by Crippen LogP contribution is 2.29. The number of hydrogen-bond donors (Lipinski definition) is 2. The molecule has 0 saturated carbocycles. The third-order valence-corrected chi connectivity index (χ3v) is 5.98. The highest BCUT2D eigenvalue weighted by Gasteiger charge is 2.19. The fourth-order valence-electron chi connectivity index (χ4n) is 4.14. The number of pyridine rings is 2. The van der Waals surface area contributed by atoms with E-state index in [4.69, 9.17) is 4.74 Å². The van der Waals surface area contributed by atoms with Crippen molar-refractivity contribution in [2.75, 3.05) is 18.9 Å². The second kappa shape index (κ2) is 10.3. The average molecular weight is 493 g/mol. The summed E-state index contributed by atoms with van der Waals surface area (Å²) in [5.74, 6) is -0.193. The minimum Gasteiger partial charge on any atom is -0.370 e. The number of nitrogens with zero attached hydrogens (tertiary/aromatic N) is 4. The lowest BCUT2D eigenvalue weighted by Gasteiger charge is -2.17. The minimum absolute atomic E-state index is 0. The van der Waals surface area contributed by atoms with E-state index in [1.165, 1.54) is 31.7 Å². The van der Waals surface area contributed by atoms with Crippen LogP contribution in [0.5, 0.6) is 0 Å². The Morgan fingerprint density at radius 3 is 2.83 bits per heavy atom. The first-order valence-corrected chi connectivity index (χ1v) is 11.0. The molecule has 0 saturated heterocycles. The zero-order chi connectivity index (χ0) is 23.7.